The Bertz CT molecular complexity index is 2940. The molecule has 52 heavy (non-hydrogen) atoms. The van der Waals surface area contributed by atoms with Crippen molar-refractivity contribution in [2.24, 2.45) is 0 Å². The van der Waals surface area contributed by atoms with Crippen molar-refractivity contribution in [2.75, 3.05) is 0 Å². The lowest BCUT2D eigenvalue weighted by molar-refractivity contribution is 0.797. The SMILES string of the molecule is CCn1c(-c2ccc(-c3cccc(-c4ccc(-c5c6ccccc6c(C)c6ccccc56)c5ccccc45)c3)cc2)nc2cc3ccccc3cc21. The lowest BCUT2D eigenvalue weighted by atomic mass is 9.85. The predicted molar refractivity (Wildman–Crippen MR) is 222 cm³/mol. The van der Waals surface area contributed by atoms with Crippen LogP contribution in [-0.4, -0.2) is 9.55 Å². The van der Waals surface area contributed by atoms with Crippen LogP contribution in [0.3, 0.4) is 0 Å². The van der Waals surface area contributed by atoms with E-state index in [2.05, 4.69) is 188 Å². The maximum atomic E-state index is 5.12. The molecule has 0 saturated carbocycles. The van der Waals surface area contributed by atoms with Gasteiger partial charge in [-0.3, -0.25) is 0 Å². The maximum absolute atomic E-state index is 5.12. The van der Waals surface area contributed by atoms with Gasteiger partial charge in [-0.05, 0) is 114 Å². The first-order valence-electron chi connectivity index (χ1n) is 18.2. The highest BCUT2D eigenvalue weighted by Gasteiger charge is 2.17. The summed E-state index contributed by atoms with van der Waals surface area (Å²) in [7, 11) is 0. The van der Waals surface area contributed by atoms with Crippen molar-refractivity contribution in [1.29, 1.82) is 0 Å². The molecular formula is C50H36N2. The van der Waals surface area contributed by atoms with Crippen molar-refractivity contribution < 1.29 is 0 Å². The van der Waals surface area contributed by atoms with E-state index in [-0.39, 0.29) is 0 Å². The van der Waals surface area contributed by atoms with E-state index in [1.807, 2.05) is 0 Å². The summed E-state index contributed by atoms with van der Waals surface area (Å²) in [6.45, 7) is 5.30. The first kappa shape index (κ1) is 30.3. The third-order valence-electron chi connectivity index (χ3n) is 11.0. The zero-order chi connectivity index (χ0) is 34.8. The van der Waals surface area contributed by atoms with Gasteiger partial charge >= 0.3 is 0 Å². The van der Waals surface area contributed by atoms with E-state index in [0.29, 0.717) is 0 Å². The first-order valence-corrected chi connectivity index (χ1v) is 18.2. The molecule has 9 aromatic carbocycles. The fourth-order valence-corrected chi connectivity index (χ4v) is 8.43. The van der Waals surface area contributed by atoms with Crippen LogP contribution in [0.2, 0.25) is 0 Å². The number of hydrogen-bond donors (Lipinski definition) is 0. The minimum absolute atomic E-state index is 0.858. The Labute approximate surface area is 303 Å². The molecule has 0 aliphatic heterocycles. The Morgan fingerprint density at radius 2 is 0.981 bits per heavy atom. The van der Waals surface area contributed by atoms with Crippen LogP contribution in [0.1, 0.15) is 12.5 Å². The Hall–Kier alpha value is -6.51. The number of nitrogens with zero attached hydrogens (tertiary/aromatic N) is 2. The van der Waals surface area contributed by atoms with E-state index in [0.717, 1.165) is 23.4 Å². The topological polar surface area (TPSA) is 17.8 Å². The fourth-order valence-electron chi connectivity index (χ4n) is 8.43. The molecule has 0 atom stereocenters. The quantitative estimate of drug-likeness (QED) is 0.167. The number of imidazole rings is 1. The normalized spacial score (nSPS) is 11.7. The van der Waals surface area contributed by atoms with Gasteiger partial charge in [0.25, 0.3) is 0 Å². The molecule has 2 nitrogen and oxygen atoms in total. The highest BCUT2D eigenvalue weighted by molar-refractivity contribution is 6.19. The van der Waals surface area contributed by atoms with Crippen LogP contribution in [-0.2, 0) is 6.54 Å². The Morgan fingerprint density at radius 3 is 1.65 bits per heavy atom. The van der Waals surface area contributed by atoms with Crippen molar-refractivity contribution in [2.45, 2.75) is 20.4 Å². The highest BCUT2D eigenvalue weighted by atomic mass is 15.1. The molecule has 0 spiro atoms. The average molecular weight is 665 g/mol. The molecule has 0 aliphatic carbocycles. The van der Waals surface area contributed by atoms with Crippen LogP contribution in [0.4, 0.5) is 0 Å². The highest BCUT2D eigenvalue weighted by Crippen LogP contribution is 2.44. The second-order valence-electron chi connectivity index (χ2n) is 13.8. The van der Waals surface area contributed by atoms with E-state index in [1.54, 1.807) is 0 Å². The molecule has 0 unspecified atom stereocenters. The molecule has 0 bridgehead atoms. The number of aromatic nitrogens is 2. The third kappa shape index (κ3) is 4.76. The zero-order valence-electron chi connectivity index (χ0n) is 29.3. The van der Waals surface area contributed by atoms with Crippen LogP contribution >= 0.6 is 0 Å². The fraction of sp³-hybridized carbons (Fsp3) is 0.0600. The van der Waals surface area contributed by atoms with Crippen LogP contribution in [0, 0.1) is 6.92 Å². The van der Waals surface area contributed by atoms with E-state index in [9.17, 15) is 0 Å². The largest absolute Gasteiger partial charge is 0.324 e. The summed E-state index contributed by atoms with van der Waals surface area (Å²) in [6, 6.07) is 62.1. The van der Waals surface area contributed by atoms with Gasteiger partial charge in [-0.2, -0.15) is 0 Å². The van der Waals surface area contributed by atoms with Gasteiger partial charge in [0.05, 0.1) is 11.0 Å². The van der Waals surface area contributed by atoms with Gasteiger partial charge < -0.3 is 4.57 Å². The smallest absolute Gasteiger partial charge is 0.141 e. The number of rotatable bonds is 5. The monoisotopic (exact) mass is 664 g/mol. The van der Waals surface area contributed by atoms with E-state index in [1.165, 1.54) is 87.6 Å². The molecule has 10 rings (SSSR count). The van der Waals surface area contributed by atoms with Gasteiger partial charge in [-0.15, -0.1) is 0 Å². The second-order valence-corrected chi connectivity index (χ2v) is 13.8. The molecule has 1 heterocycles. The summed E-state index contributed by atoms with van der Waals surface area (Å²) in [5.74, 6) is 1.01. The number of benzene rings is 9. The summed E-state index contributed by atoms with van der Waals surface area (Å²) in [6.07, 6.45) is 0. The molecule has 0 saturated heterocycles. The average Bonchev–Trinajstić information content (AvgIpc) is 3.57. The van der Waals surface area contributed by atoms with Crippen molar-refractivity contribution in [3.8, 4) is 44.8 Å². The Morgan fingerprint density at radius 1 is 0.442 bits per heavy atom. The standard InChI is InChI=1S/C50H36N2/c1-3-52-48-31-37-14-5-4-13-36(37)30-47(48)51-50(52)34-25-23-33(24-26-34)35-15-12-16-38(29-35)41-27-28-46(43-20-9-8-19-42(41)43)49-44-21-10-6-17-39(44)32(2)40-18-7-11-22-45(40)49/h4-31H,3H2,1-2H3. The molecule has 2 heteroatoms. The molecule has 0 radical (unpaired) electrons. The van der Waals surface area contributed by atoms with Crippen molar-refractivity contribution >= 4 is 54.1 Å². The van der Waals surface area contributed by atoms with Crippen LogP contribution < -0.4 is 0 Å². The predicted octanol–water partition coefficient (Wildman–Crippen LogP) is 13.6. The summed E-state index contributed by atoms with van der Waals surface area (Å²) >= 11 is 0. The Balaban J connectivity index is 1.06. The van der Waals surface area contributed by atoms with Gasteiger partial charge in [0.2, 0.25) is 0 Å². The number of hydrogen-bond acceptors (Lipinski definition) is 1. The van der Waals surface area contributed by atoms with E-state index < -0.39 is 0 Å². The number of aryl methyl sites for hydroxylation is 2. The second kappa shape index (κ2) is 12.1. The molecule has 0 N–H and O–H groups in total. The zero-order valence-corrected chi connectivity index (χ0v) is 29.3. The van der Waals surface area contributed by atoms with Crippen LogP contribution in [0.25, 0.3) is 98.9 Å². The molecule has 246 valence electrons. The van der Waals surface area contributed by atoms with Gasteiger partial charge in [-0.1, -0.05) is 152 Å². The van der Waals surface area contributed by atoms with Crippen molar-refractivity contribution in [1.82, 2.24) is 9.55 Å². The minimum Gasteiger partial charge on any atom is -0.324 e. The molecule has 0 aliphatic rings. The van der Waals surface area contributed by atoms with Crippen LogP contribution in [0.15, 0.2) is 170 Å². The summed E-state index contributed by atoms with van der Waals surface area (Å²) in [4.78, 5) is 5.12. The van der Waals surface area contributed by atoms with Crippen LogP contribution in [0.5, 0.6) is 0 Å². The first-order chi connectivity index (χ1) is 25.7. The molecular weight excluding hydrogens is 629 g/mol. The summed E-state index contributed by atoms with van der Waals surface area (Å²) < 4.78 is 2.33. The van der Waals surface area contributed by atoms with Gasteiger partial charge in [0.15, 0.2) is 0 Å². The molecule has 10 aromatic rings. The van der Waals surface area contributed by atoms with Gasteiger partial charge in [-0.25, -0.2) is 4.98 Å². The van der Waals surface area contributed by atoms with E-state index >= 15 is 0 Å². The molecule has 0 fully saturated rings. The van der Waals surface area contributed by atoms with Crippen molar-refractivity contribution in [3.05, 3.63) is 175 Å². The summed E-state index contributed by atoms with van der Waals surface area (Å²) in [5, 5.41) is 10.2. The Kier molecular flexibility index (Phi) is 7.04. The number of fused-ring (bicyclic) bond motifs is 5. The molecule has 1 aromatic heterocycles. The lowest BCUT2D eigenvalue weighted by Gasteiger charge is -2.18. The van der Waals surface area contributed by atoms with E-state index in [4.69, 9.17) is 4.98 Å². The maximum Gasteiger partial charge on any atom is 0.141 e. The van der Waals surface area contributed by atoms with Gasteiger partial charge in [0, 0.05) is 12.1 Å². The van der Waals surface area contributed by atoms with Crippen molar-refractivity contribution in [3.63, 3.8) is 0 Å². The third-order valence-corrected chi connectivity index (χ3v) is 11.0. The summed E-state index contributed by atoms with van der Waals surface area (Å²) in [5.41, 5.74) is 12.1. The lowest BCUT2D eigenvalue weighted by Crippen LogP contribution is -1.97. The molecule has 0 amide bonds. The minimum atomic E-state index is 0.858. The van der Waals surface area contributed by atoms with Gasteiger partial charge in [0.1, 0.15) is 5.82 Å².